The molecule has 0 radical (unpaired) electrons. The number of nitrogens with zero attached hydrogens (tertiary/aromatic N) is 1. The maximum Gasteiger partial charge on any atom is 0.245 e. The third-order valence-electron chi connectivity index (χ3n) is 3.23. The average Bonchev–Trinajstić information content (AvgIpc) is 2.39. The summed E-state index contributed by atoms with van der Waals surface area (Å²) in [5, 5.41) is 2.84. The van der Waals surface area contributed by atoms with E-state index < -0.39 is 0 Å². The van der Waals surface area contributed by atoms with Crippen molar-refractivity contribution >= 4 is 23.6 Å². The zero-order valence-corrected chi connectivity index (χ0v) is 12.5. The molecule has 1 aliphatic rings. The van der Waals surface area contributed by atoms with Crippen molar-refractivity contribution in [3.8, 4) is 0 Å². The molecule has 0 aliphatic carbocycles. The van der Waals surface area contributed by atoms with Gasteiger partial charge < -0.3 is 10.2 Å². The molecule has 0 aromatic heterocycles. The van der Waals surface area contributed by atoms with Gasteiger partial charge in [-0.2, -0.15) is 11.8 Å². The fourth-order valence-corrected chi connectivity index (χ4v) is 2.77. The molecular formula is C13H24N2O2S. The summed E-state index contributed by atoms with van der Waals surface area (Å²) in [7, 11) is 0. The normalized spacial score (nSPS) is 25.3. The molecule has 4 nitrogen and oxygen atoms in total. The van der Waals surface area contributed by atoms with Gasteiger partial charge >= 0.3 is 0 Å². The van der Waals surface area contributed by atoms with E-state index in [1.165, 1.54) is 0 Å². The minimum Gasteiger partial charge on any atom is -0.344 e. The molecule has 18 heavy (non-hydrogen) atoms. The van der Waals surface area contributed by atoms with Crippen molar-refractivity contribution in [2.24, 2.45) is 5.92 Å². The molecule has 1 rings (SSSR count). The van der Waals surface area contributed by atoms with Crippen LogP contribution >= 0.6 is 11.8 Å². The fraction of sp³-hybridized carbons (Fsp3) is 0.846. The summed E-state index contributed by atoms with van der Waals surface area (Å²) in [5.41, 5.74) is 0. The lowest BCUT2D eigenvalue weighted by atomic mass is 10.0. The van der Waals surface area contributed by atoms with Crippen LogP contribution in [0.2, 0.25) is 0 Å². The summed E-state index contributed by atoms with van der Waals surface area (Å²) in [5.74, 6) is 2.18. The van der Waals surface area contributed by atoms with Crippen LogP contribution in [-0.4, -0.2) is 46.8 Å². The van der Waals surface area contributed by atoms with Gasteiger partial charge in [0.15, 0.2) is 0 Å². The predicted octanol–water partition coefficient (Wildman–Crippen LogP) is 1.50. The monoisotopic (exact) mass is 272 g/mol. The minimum absolute atomic E-state index is 0.00120. The molecule has 1 heterocycles. The highest BCUT2D eigenvalue weighted by Crippen LogP contribution is 2.16. The Kier molecular flexibility index (Phi) is 5.99. The summed E-state index contributed by atoms with van der Waals surface area (Å²) < 4.78 is 0. The second kappa shape index (κ2) is 7.02. The molecule has 0 bridgehead atoms. The number of hydrogen-bond acceptors (Lipinski definition) is 3. The third-order valence-corrected chi connectivity index (χ3v) is 4.11. The topological polar surface area (TPSA) is 49.4 Å². The van der Waals surface area contributed by atoms with Crippen molar-refractivity contribution in [2.45, 2.75) is 46.2 Å². The lowest BCUT2D eigenvalue weighted by molar-refractivity contribution is -0.135. The van der Waals surface area contributed by atoms with Crippen LogP contribution in [-0.2, 0) is 9.59 Å². The van der Waals surface area contributed by atoms with Gasteiger partial charge in [0.05, 0.1) is 0 Å². The van der Waals surface area contributed by atoms with Gasteiger partial charge in [-0.05, 0) is 18.6 Å². The minimum atomic E-state index is -0.367. The van der Waals surface area contributed by atoms with E-state index in [9.17, 15) is 9.59 Å². The summed E-state index contributed by atoms with van der Waals surface area (Å²) in [6.07, 6.45) is 0.408. The van der Waals surface area contributed by atoms with Crippen LogP contribution in [0, 0.1) is 5.92 Å². The van der Waals surface area contributed by atoms with Gasteiger partial charge in [0, 0.05) is 24.8 Å². The number of nitrogens with one attached hydrogen (secondary N) is 1. The average molecular weight is 272 g/mol. The molecule has 0 aromatic carbocycles. The predicted molar refractivity (Wildman–Crippen MR) is 75.6 cm³/mol. The van der Waals surface area contributed by atoms with Crippen LogP contribution < -0.4 is 5.32 Å². The van der Waals surface area contributed by atoms with Gasteiger partial charge in [0.2, 0.25) is 11.8 Å². The molecule has 0 spiro atoms. The van der Waals surface area contributed by atoms with E-state index in [2.05, 4.69) is 12.2 Å². The lowest BCUT2D eigenvalue weighted by Gasteiger charge is -2.29. The van der Waals surface area contributed by atoms with Crippen molar-refractivity contribution in [2.75, 3.05) is 18.1 Å². The van der Waals surface area contributed by atoms with E-state index in [1.54, 1.807) is 0 Å². The molecule has 1 aliphatic heterocycles. The SMILES string of the molecule is CCSCCN1C(=O)C(C(C)C)NC(=O)CC1C. The molecule has 2 unspecified atom stereocenters. The first-order valence-corrected chi connectivity index (χ1v) is 7.80. The Bertz CT molecular complexity index is 307. The zero-order valence-electron chi connectivity index (χ0n) is 11.7. The molecule has 1 N–H and O–H groups in total. The van der Waals surface area contributed by atoms with Crippen LogP contribution in [0.15, 0.2) is 0 Å². The van der Waals surface area contributed by atoms with Gasteiger partial charge in [-0.3, -0.25) is 9.59 Å². The molecule has 104 valence electrons. The highest BCUT2D eigenvalue weighted by atomic mass is 32.2. The van der Waals surface area contributed by atoms with E-state index in [0.29, 0.717) is 6.42 Å². The number of thioether (sulfide) groups is 1. The molecule has 1 fully saturated rings. The molecule has 0 aromatic rings. The van der Waals surface area contributed by atoms with Crippen LogP contribution in [0.4, 0.5) is 0 Å². The third kappa shape index (κ3) is 3.90. The summed E-state index contributed by atoms with van der Waals surface area (Å²) in [6.45, 7) is 8.74. The number of amides is 2. The van der Waals surface area contributed by atoms with Crippen LogP contribution in [0.5, 0.6) is 0 Å². The van der Waals surface area contributed by atoms with Crippen molar-refractivity contribution in [3.05, 3.63) is 0 Å². The lowest BCUT2D eigenvalue weighted by Crippen LogP contribution is -2.49. The smallest absolute Gasteiger partial charge is 0.245 e. The molecule has 1 saturated heterocycles. The Morgan fingerprint density at radius 1 is 1.44 bits per heavy atom. The molecule has 0 saturated carbocycles. The van der Waals surface area contributed by atoms with Crippen molar-refractivity contribution in [1.29, 1.82) is 0 Å². The first-order valence-electron chi connectivity index (χ1n) is 6.65. The summed E-state index contributed by atoms with van der Waals surface area (Å²) >= 11 is 1.82. The fourth-order valence-electron chi connectivity index (χ4n) is 2.16. The molecule has 2 amide bonds. The quantitative estimate of drug-likeness (QED) is 0.772. The molecule has 5 heteroatoms. The van der Waals surface area contributed by atoms with Crippen LogP contribution in [0.3, 0.4) is 0 Å². The van der Waals surface area contributed by atoms with Crippen molar-refractivity contribution in [1.82, 2.24) is 10.2 Å². The first-order chi connectivity index (χ1) is 8.47. The maximum atomic E-state index is 12.4. The summed E-state index contributed by atoms with van der Waals surface area (Å²) in [6, 6.07) is -0.368. The Morgan fingerprint density at radius 2 is 2.11 bits per heavy atom. The van der Waals surface area contributed by atoms with Gasteiger partial charge in [0.25, 0.3) is 0 Å². The number of rotatable bonds is 5. The Balaban J connectivity index is 2.77. The zero-order chi connectivity index (χ0) is 13.7. The van der Waals surface area contributed by atoms with E-state index in [0.717, 1.165) is 18.1 Å². The van der Waals surface area contributed by atoms with Crippen LogP contribution in [0.25, 0.3) is 0 Å². The van der Waals surface area contributed by atoms with Gasteiger partial charge in [-0.1, -0.05) is 20.8 Å². The maximum absolute atomic E-state index is 12.4. The van der Waals surface area contributed by atoms with E-state index in [-0.39, 0.29) is 29.8 Å². The number of carbonyl (C=O) groups is 2. The molecule has 2 atom stereocenters. The Morgan fingerprint density at radius 3 is 2.67 bits per heavy atom. The summed E-state index contributed by atoms with van der Waals surface area (Å²) in [4.78, 5) is 26.0. The Labute approximate surface area is 114 Å². The van der Waals surface area contributed by atoms with Crippen molar-refractivity contribution < 1.29 is 9.59 Å². The van der Waals surface area contributed by atoms with E-state index >= 15 is 0 Å². The van der Waals surface area contributed by atoms with Gasteiger partial charge in [0.1, 0.15) is 6.04 Å². The van der Waals surface area contributed by atoms with E-state index in [1.807, 2.05) is 37.4 Å². The number of hydrogen-bond donors (Lipinski definition) is 1. The van der Waals surface area contributed by atoms with Crippen molar-refractivity contribution in [3.63, 3.8) is 0 Å². The highest BCUT2D eigenvalue weighted by molar-refractivity contribution is 7.99. The van der Waals surface area contributed by atoms with Gasteiger partial charge in [-0.15, -0.1) is 0 Å². The van der Waals surface area contributed by atoms with Gasteiger partial charge in [-0.25, -0.2) is 0 Å². The first kappa shape index (κ1) is 15.3. The van der Waals surface area contributed by atoms with E-state index in [4.69, 9.17) is 0 Å². The largest absolute Gasteiger partial charge is 0.344 e. The Hall–Kier alpha value is -0.710. The number of carbonyl (C=O) groups excluding carboxylic acids is 2. The van der Waals surface area contributed by atoms with Crippen LogP contribution in [0.1, 0.15) is 34.1 Å². The second-order valence-electron chi connectivity index (χ2n) is 5.07. The second-order valence-corrected chi connectivity index (χ2v) is 6.46. The molecular weight excluding hydrogens is 248 g/mol. The highest BCUT2D eigenvalue weighted by Gasteiger charge is 2.34. The standard InChI is InChI=1S/C13H24N2O2S/c1-5-18-7-6-15-10(4)8-11(16)14-12(9(2)3)13(15)17/h9-10,12H,5-8H2,1-4H3,(H,14,16).